The zero-order chi connectivity index (χ0) is 21.0. The van der Waals surface area contributed by atoms with E-state index in [0.717, 1.165) is 19.3 Å². The average Bonchev–Trinajstić information content (AvgIpc) is 3.41. The summed E-state index contributed by atoms with van der Waals surface area (Å²) in [6.45, 7) is 5.39. The van der Waals surface area contributed by atoms with Gasteiger partial charge in [-0.3, -0.25) is 9.36 Å². The minimum atomic E-state index is -0.730. The van der Waals surface area contributed by atoms with Crippen LogP contribution in [0.1, 0.15) is 39.2 Å². The summed E-state index contributed by atoms with van der Waals surface area (Å²) in [4.78, 5) is 27.2. The summed E-state index contributed by atoms with van der Waals surface area (Å²) >= 11 is 0. The molecule has 158 valence electrons. The highest BCUT2D eigenvalue weighted by atomic mass is 19.1. The molecule has 1 aromatic heterocycles. The molecule has 8 nitrogen and oxygen atoms in total. The van der Waals surface area contributed by atoms with Gasteiger partial charge >= 0.3 is 5.69 Å². The van der Waals surface area contributed by atoms with Gasteiger partial charge in [0.2, 0.25) is 0 Å². The first-order chi connectivity index (χ1) is 13.8. The van der Waals surface area contributed by atoms with E-state index in [-0.39, 0.29) is 34.8 Å². The highest BCUT2D eigenvalue weighted by molar-refractivity contribution is 5.91. The van der Waals surface area contributed by atoms with E-state index < -0.39 is 17.1 Å². The number of anilines is 1. The number of nitrogens with zero attached hydrogens (tertiary/aromatic N) is 3. The standard InChI is InChI=1S/C20H28FN5O3/c1-10(2)15(22)11-6-7-24(9-11)17-14(21)8-13-16(18(17)29-3)25(12-4-5-12)20(28)26(23)19(13)27/h8,10-12,15H,4-7,9,22-23H2,1-3H3. The minimum Gasteiger partial charge on any atom is -0.492 e. The van der Waals surface area contributed by atoms with Gasteiger partial charge < -0.3 is 21.2 Å². The van der Waals surface area contributed by atoms with E-state index in [1.54, 1.807) is 0 Å². The van der Waals surface area contributed by atoms with Crippen molar-refractivity contribution in [3.8, 4) is 5.75 Å². The molecule has 0 spiro atoms. The Labute approximate surface area is 167 Å². The number of nitrogen functional groups attached to an aromatic ring is 1. The summed E-state index contributed by atoms with van der Waals surface area (Å²) in [5.41, 5.74) is 5.59. The molecular weight excluding hydrogens is 377 g/mol. The lowest BCUT2D eigenvalue weighted by Crippen LogP contribution is -2.44. The number of benzene rings is 1. The second-order valence-electron chi connectivity index (χ2n) is 8.51. The van der Waals surface area contributed by atoms with Gasteiger partial charge in [-0.15, -0.1) is 0 Å². The molecule has 1 saturated heterocycles. The first kappa shape index (κ1) is 19.8. The summed E-state index contributed by atoms with van der Waals surface area (Å²) in [5, 5.41) is 0.0479. The number of nitrogens with two attached hydrogens (primary N) is 2. The number of hydrogen-bond acceptors (Lipinski definition) is 6. The van der Waals surface area contributed by atoms with Crippen molar-refractivity contribution in [3.05, 3.63) is 32.7 Å². The Bertz CT molecular complexity index is 1070. The molecule has 29 heavy (non-hydrogen) atoms. The normalized spacial score (nSPS) is 20.6. The number of hydrogen-bond donors (Lipinski definition) is 2. The molecule has 1 aliphatic heterocycles. The third-order valence-electron chi connectivity index (χ3n) is 6.26. The lowest BCUT2D eigenvalue weighted by Gasteiger charge is -2.26. The Morgan fingerprint density at radius 2 is 1.93 bits per heavy atom. The van der Waals surface area contributed by atoms with Crippen molar-refractivity contribution < 1.29 is 9.13 Å². The highest BCUT2D eigenvalue weighted by Crippen LogP contribution is 2.43. The van der Waals surface area contributed by atoms with E-state index in [2.05, 4.69) is 13.8 Å². The number of fused-ring (bicyclic) bond motifs is 1. The maximum Gasteiger partial charge on any atom is 0.350 e. The Morgan fingerprint density at radius 1 is 1.24 bits per heavy atom. The lowest BCUT2D eigenvalue weighted by molar-refractivity contribution is 0.365. The molecule has 2 unspecified atom stereocenters. The Morgan fingerprint density at radius 3 is 2.52 bits per heavy atom. The van der Waals surface area contributed by atoms with E-state index in [4.69, 9.17) is 16.3 Å². The highest BCUT2D eigenvalue weighted by Gasteiger charge is 2.35. The molecule has 4 N–H and O–H groups in total. The lowest BCUT2D eigenvalue weighted by atomic mass is 9.91. The van der Waals surface area contributed by atoms with Crippen molar-refractivity contribution in [3.63, 3.8) is 0 Å². The van der Waals surface area contributed by atoms with E-state index in [9.17, 15) is 9.59 Å². The maximum atomic E-state index is 15.2. The molecule has 4 rings (SSSR count). The van der Waals surface area contributed by atoms with Crippen LogP contribution in [0.5, 0.6) is 5.75 Å². The second kappa shape index (κ2) is 7.05. The van der Waals surface area contributed by atoms with Gasteiger partial charge in [0.1, 0.15) is 11.2 Å². The van der Waals surface area contributed by atoms with Crippen LogP contribution in [0, 0.1) is 17.7 Å². The van der Waals surface area contributed by atoms with Crippen molar-refractivity contribution in [1.29, 1.82) is 0 Å². The topological polar surface area (TPSA) is 109 Å². The second-order valence-corrected chi connectivity index (χ2v) is 8.51. The molecule has 0 radical (unpaired) electrons. The monoisotopic (exact) mass is 405 g/mol. The summed E-state index contributed by atoms with van der Waals surface area (Å²) in [6.07, 6.45) is 2.45. The maximum absolute atomic E-state index is 15.2. The van der Waals surface area contributed by atoms with Crippen LogP contribution in [0.3, 0.4) is 0 Å². The zero-order valence-corrected chi connectivity index (χ0v) is 17.0. The predicted molar refractivity (Wildman–Crippen MR) is 111 cm³/mol. The Kier molecular flexibility index (Phi) is 4.80. The number of aromatic nitrogens is 2. The molecule has 2 heterocycles. The third kappa shape index (κ3) is 3.08. The van der Waals surface area contributed by atoms with Crippen LogP contribution in [0.2, 0.25) is 0 Å². The van der Waals surface area contributed by atoms with Crippen LogP contribution in [-0.2, 0) is 0 Å². The summed E-state index contributed by atoms with van der Waals surface area (Å²) in [7, 11) is 1.43. The summed E-state index contributed by atoms with van der Waals surface area (Å²) in [5.74, 6) is 5.88. The van der Waals surface area contributed by atoms with E-state index in [0.29, 0.717) is 29.2 Å². The molecule has 2 atom stereocenters. The first-order valence-electron chi connectivity index (χ1n) is 10.1. The van der Waals surface area contributed by atoms with Gasteiger partial charge in [-0.2, -0.15) is 4.68 Å². The van der Waals surface area contributed by atoms with Gasteiger partial charge in [-0.1, -0.05) is 13.8 Å². The SMILES string of the molecule is COc1c(N2CCC(C(N)C(C)C)C2)c(F)cc2c(=O)n(N)c(=O)n(C3CC3)c12. The molecule has 1 aromatic carbocycles. The molecule has 9 heteroatoms. The largest absolute Gasteiger partial charge is 0.492 e. The van der Waals surface area contributed by atoms with Gasteiger partial charge in [-0.05, 0) is 37.2 Å². The van der Waals surface area contributed by atoms with Gasteiger partial charge in [0.05, 0.1) is 12.5 Å². The van der Waals surface area contributed by atoms with Gasteiger partial charge in [-0.25, -0.2) is 9.18 Å². The van der Waals surface area contributed by atoms with Gasteiger partial charge in [0.25, 0.3) is 5.56 Å². The van der Waals surface area contributed by atoms with Crippen LogP contribution in [0.25, 0.3) is 10.9 Å². The van der Waals surface area contributed by atoms with E-state index in [1.807, 2.05) is 4.90 Å². The Hall–Kier alpha value is -2.55. The number of halogens is 1. The van der Waals surface area contributed by atoms with Gasteiger partial charge in [0.15, 0.2) is 11.6 Å². The smallest absolute Gasteiger partial charge is 0.350 e. The van der Waals surface area contributed by atoms with Gasteiger partial charge in [0, 0.05) is 25.2 Å². The summed E-state index contributed by atoms with van der Waals surface area (Å²) in [6, 6.07) is 1.13. The fourth-order valence-corrected chi connectivity index (χ4v) is 4.45. The van der Waals surface area contributed by atoms with Crippen LogP contribution >= 0.6 is 0 Å². The first-order valence-corrected chi connectivity index (χ1v) is 10.1. The number of ether oxygens (including phenoxy) is 1. The van der Waals surface area contributed by atoms with Crippen molar-refractivity contribution in [2.24, 2.45) is 17.6 Å². The zero-order valence-electron chi connectivity index (χ0n) is 17.0. The Balaban J connectivity index is 1.92. The fourth-order valence-electron chi connectivity index (χ4n) is 4.45. The van der Waals surface area contributed by atoms with Crippen molar-refractivity contribution in [2.45, 2.75) is 45.2 Å². The molecule has 0 bridgehead atoms. The quantitative estimate of drug-likeness (QED) is 0.723. The molecule has 1 aliphatic carbocycles. The van der Waals surface area contributed by atoms with Crippen molar-refractivity contribution >= 4 is 16.6 Å². The van der Waals surface area contributed by atoms with Crippen molar-refractivity contribution in [2.75, 3.05) is 30.9 Å². The van der Waals surface area contributed by atoms with E-state index in [1.165, 1.54) is 17.7 Å². The minimum absolute atomic E-state index is 0.0172. The number of rotatable bonds is 5. The summed E-state index contributed by atoms with van der Waals surface area (Å²) < 4.78 is 22.9. The molecule has 2 fully saturated rings. The van der Waals surface area contributed by atoms with Crippen LogP contribution < -0.4 is 32.5 Å². The molecule has 1 saturated carbocycles. The molecular formula is C20H28FN5O3. The molecule has 2 aromatic rings. The van der Waals surface area contributed by atoms with Crippen LogP contribution in [0.15, 0.2) is 15.7 Å². The van der Waals surface area contributed by atoms with E-state index >= 15 is 4.39 Å². The third-order valence-corrected chi connectivity index (χ3v) is 6.26. The molecule has 0 amide bonds. The number of methoxy groups -OCH3 is 1. The van der Waals surface area contributed by atoms with Crippen molar-refractivity contribution in [1.82, 2.24) is 9.24 Å². The average molecular weight is 405 g/mol. The van der Waals surface area contributed by atoms with Crippen LogP contribution in [-0.4, -0.2) is 35.5 Å². The fraction of sp³-hybridized carbons (Fsp3) is 0.600. The molecule has 2 aliphatic rings. The predicted octanol–water partition coefficient (Wildman–Crippen LogP) is 1.17. The van der Waals surface area contributed by atoms with Crippen LogP contribution in [0.4, 0.5) is 10.1 Å².